The molecule has 0 aromatic heterocycles. The lowest BCUT2D eigenvalue weighted by Crippen LogP contribution is -2.36. The van der Waals surface area contributed by atoms with Crippen LogP contribution >= 0.6 is 11.6 Å². The van der Waals surface area contributed by atoms with Crippen LogP contribution in [0.1, 0.15) is 6.92 Å². The van der Waals surface area contributed by atoms with Crippen LogP contribution in [-0.4, -0.2) is 30.7 Å². The van der Waals surface area contributed by atoms with E-state index in [0.717, 1.165) is 0 Å². The van der Waals surface area contributed by atoms with Gasteiger partial charge in [-0.3, -0.25) is 4.21 Å². The van der Waals surface area contributed by atoms with Gasteiger partial charge in [0.2, 0.25) is 10.0 Å². The highest BCUT2D eigenvalue weighted by Crippen LogP contribution is 2.22. The molecule has 8 heteroatoms. The Morgan fingerprint density at radius 2 is 2.11 bits per heavy atom. The minimum atomic E-state index is -3.72. The molecule has 0 saturated heterocycles. The van der Waals surface area contributed by atoms with Gasteiger partial charge in [-0.25, -0.2) is 13.1 Å². The molecule has 0 fully saturated rings. The van der Waals surface area contributed by atoms with E-state index in [9.17, 15) is 12.6 Å². The highest BCUT2D eigenvalue weighted by atomic mass is 35.5. The summed E-state index contributed by atoms with van der Waals surface area (Å²) in [6.07, 6.45) is 1.52. The van der Waals surface area contributed by atoms with Gasteiger partial charge < -0.3 is 5.73 Å². The number of rotatable bonds is 5. The van der Waals surface area contributed by atoms with E-state index in [1.165, 1.54) is 24.5 Å². The maximum atomic E-state index is 12.0. The van der Waals surface area contributed by atoms with Crippen LogP contribution in [0.15, 0.2) is 23.1 Å². The van der Waals surface area contributed by atoms with Gasteiger partial charge >= 0.3 is 0 Å². The number of nitrogen functional groups attached to an aromatic ring is 1. The van der Waals surface area contributed by atoms with Crippen molar-refractivity contribution >= 4 is 38.1 Å². The molecule has 0 saturated carbocycles. The summed E-state index contributed by atoms with van der Waals surface area (Å²) in [6, 6.07) is 3.74. The van der Waals surface area contributed by atoms with Crippen molar-refractivity contribution in [2.24, 2.45) is 0 Å². The van der Waals surface area contributed by atoms with Crippen molar-refractivity contribution in [1.82, 2.24) is 4.72 Å². The summed E-state index contributed by atoms with van der Waals surface area (Å²) in [5, 5.41) is 0.370. The van der Waals surface area contributed by atoms with E-state index < -0.39 is 26.9 Å². The fourth-order valence-corrected chi connectivity index (χ4v) is 3.91. The second kappa shape index (κ2) is 6.01. The largest absolute Gasteiger partial charge is 0.398 e. The fourth-order valence-electron chi connectivity index (χ4n) is 1.48. The van der Waals surface area contributed by atoms with Gasteiger partial charge in [0.25, 0.3) is 0 Å². The Hall–Kier alpha value is -0.630. The molecule has 18 heavy (non-hydrogen) atoms. The number of nitrogens with one attached hydrogen (secondary N) is 1. The van der Waals surface area contributed by atoms with E-state index in [2.05, 4.69) is 4.72 Å². The number of hydrogen-bond donors (Lipinski definition) is 2. The molecule has 0 aliphatic heterocycles. The van der Waals surface area contributed by atoms with Gasteiger partial charge in [-0.15, -0.1) is 0 Å². The van der Waals surface area contributed by atoms with Gasteiger partial charge in [0.15, 0.2) is 0 Å². The van der Waals surface area contributed by atoms with E-state index in [0.29, 0.717) is 5.02 Å². The van der Waals surface area contributed by atoms with E-state index >= 15 is 0 Å². The summed E-state index contributed by atoms with van der Waals surface area (Å²) in [7, 11) is -4.80. The van der Waals surface area contributed by atoms with Crippen LogP contribution in [0.2, 0.25) is 5.02 Å². The summed E-state index contributed by atoms with van der Waals surface area (Å²) >= 11 is 5.71. The molecule has 2 unspecified atom stereocenters. The quantitative estimate of drug-likeness (QED) is 0.793. The minimum Gasteiger partial charge on any atom is -0.398 e. The van der Waals surface area contributed by atoms with E-state index in [1.807, 2.05) is 0 Å². The Morgan fingerprint density at radius 3 is 2.61 bits per heavy atom. The van der Waals surface area contributed by atoms with Gasteiger partial charge in [-0.2, -0.15) is 0 Å². The first-order valence-electron chi connectivity index (χ1n) is 5.10. The Kier molecular flexibility index (Phi) is 5.15. The van der Waals surface area contributed by atoms with Gasteiger partial charge in [-0.1, -0.05) is 11.6 Å². The molecule has 1 aromatic rings. The second-order valence-electron chi connectivity index (χ2n) is 3.94. The van der Waals surface area contributed by atoms with Gasteiger partial charge in [0.05, 0.1) is 5.69 Å². The van der Waals surface area contributed by atoms with Gasteiger partial charge in [-0.05, 0) is 25.1 Å². The van der Waals surface area contributed by atoms with Crippen LogP contribution in [0.25, 0.3) is 0 Å². The fraction of sp³-hybridized carbons (Fsp3) is 0.400. The molecular formula is C10H15ClN2O3S2. The highest BCUT2D eigenvalue weighted by Gasteiger charge is 2.20. The van der Waals surface area contributed by atoms with Crippen molar-refractivity contribution in [2.45, 2.75) is 17.9 Å². The van der Waals surface area contributed by atoms with Crippen LogP contribution in [-0.2, 0) is 20.8 Å². The van der Waals surface area contributed by atoms with Crippen molar-refractivity contribution in [3.05, 3.63) is 23.2 Å². The normalized spacial score (nSPS) is 15.3. The molecule has 2 atom stereocenters. The Bertz CT molecular complexity index is 560. The van der Waals surface area contributed by atoms with Crippen LogP contribution in [0.3, 0.4) is 0 Å². The van der Waals surface area contributed by atoms with Gasteiger partial charge in [0, 0.05) is 33.9 Å². The first-order valence-corrected chi connectivity index (χ1v) is 8.68. The lowest BCUT2D eigenvalue weighted by molar-refractivity contribution is 0.570. The maximum Gasteiger partial charge on any atom is 0.242 e. The van der Waals surface area contributed by atoms with Crippen LogP contribution in [0.5, 0.6) is 0 Å². The Labute approximate surface area is 114 Å². The van der Waals surface area contributed by atoms with Crippen molar-refractivity contribution in [1.29, 1.82) is 0 Å². The number of anilines is 1. The standard InChI is InChI=1S/C10H15ClN2O3S2/c1-7(6-17(2)14)13-18(15,16)10-4-3-8(11)5-9(10)12/h3-5,7,13H,6,12H2,1-2H3. The molecule has 0 amide bonds. The number of nitrogens with two attached hydrogens (primary N) is 1. The molecule has 0 spiro atoms. The molecule has 102 valence electrons. The third kappa shape index (κ3) is 4.24. The molecule has 3 N–H and O–H groups in total. The predicted octanol–water partition coefficient (Wildman–Crippen LogP) is 0.967. The lowest BCUT2D eigenvalue weighted by Gasteiger charge is -2.14. The summed E-state index contributed by atoms with van der Waals surface area (Å²) < 4.78 is 37.5. The molecule has 0 heterocycles. The van der Waals surface area contributed by atoms with Crippen molar-refractivity contribution < 1.29 is 12.6 Å². The molecule has 0 radical (unpaired) electrons. The molecule has 0 aliphatic carbocycles. The van der Waals surface area contributed by atoms with Crippen molar-refractivity contribution in [3.8, 4) is 0 Å². The number of halogens is 1. The zero-order valence-corrected chi connectivity index (χ0v) is 12.4. The van der Waals surface area contributed by atoms with Gasteiger partial charge in [0.1, 0.15) is 4.90 Å². The van der Waals surface area contributed by atoms with E-state index in [4.69, 9.17) is 17.3 Å². The summed E-state index contributed by atoms with van der Waals surface area (Å²) in [4.78, 5) is -0.0272. The highest BCUT2D eigenvalue weighted by molar-refractivity contribution is 7.89. The molecule has 5 nitrogen and oxygen atoms in total. The van der Waals surface area contributed by atoms with Crippen LogP contribution < -0.4 is 10.5 Å². The first-order chi connectivity index (χ1) is 8.22. The lowest BCUT2D eigenvalue weighted by atomic mass is 10.3. The second-order valence-corrected chi connectivity index (χ2v) is 7.54. The number of hydrogen-bond acceptors (Lipinski definition) is 4. The molecule has 1 aromatic carbocycles. The summed E-state index contributed by atoms with van der Waals surface area (Å²) in [6.45, 7) is 1.64. The zero-order chi connectivity index (χ0) is 13.9. The first kappa shape index (κ1) is 15.4. The summed E-state index contributed by atoms with van der Waals surface area (Å²) in [5.74, 6) is 0.243. The summed E-state index contributed by atoms with van der Waals surface area (Å²) in [5.41, 5.74) is 5.70. The SMILES string of the molecule is CC(CS(C)=O)NS(=O)(=O)c1ccc(Cl)cc1N. The minimum absolute atomic E-state index is 0.0272. The smallest absolute Gasteiger partial charge is 0.242 e. The average molecular weight is 311 g/mol. The monoisotopic (exact) mass is 310 g/mol. The topological polar surface area (TPSA) is 89.3 Å². The van der Waals surface area contributed by atoms with E-state index in [1.54, 1.807) is 6.92 Å². The molecule has 1 rings (SSSR count). The van der Waals surface area contributed by atoms with E-state index in [-0.39, 0.29) is 16.3 Å². The molecular weight excluding hydrogens is 296 g/mol. The van der Waals surface area contributed by atoms with Crippen LogP contribution in [0.4, 0.5) is 5.69 Å². The average Bonchev–Trinajstić information content (AvgIpc) is 2.13. The Balaban J connectivity index is 2.96. The number of sulfonamides is 1. The van der Waals surface area contributed by atoms with Crippen LogP contribution in [0, 0.1) is 0 Å². The third-order valence-corrected chi connectivity index (χ3v) is 4.97. The zero-order valence-electron chi connectivity index (χ0n) is 10.0. The Morgan fingerprint density at radius 1 is 1.50 bits per heavy atom. The van der Waals surface area contributed by atoms with Crippen molar-refractivity contribution in [2.75, 3.05) is 17.7 Å². The predicted molar refractivity (Wildman–Crippen MR) is 74.6 cm³/mol. The number of benzene rings is 1. The maximum absolute atomic E-state index is 12.0. The van der Waals surface area contributed by atoms with Crippen molar-refractivity contribution in [3.63, 3.8) is 0 Å². The third-order valence-electron chi connectivity index (χ3n) is 2.10. The molecule has 0 aliphatic rings. The molecule has 0 bridgehead atoms.